The molecule has 0 aliphatic carbocycles. The maximum Gasteiger partial charge on any atom is 0.118 e. The Morgan fingerprint density at radius 2 is 2.05 bits per heavy atom. The fraction of sp³-hybridized carbons (Fsp3) is 0.400. The second kappa shape index (κ2) is 6.54. The number of hydrogen-bond acceptors (Lipinski definition) is 4. The highest BCUT2D eigenvalue weighted by Gasteiger charge is 2.18. The van der Waals surface area contributed by atoms with Crippen LogP contribution < -0.4 is 10.5 Å². The Labute approximate surface area is 119 Å². The van der Waals surface area contributed by atoms with Crippen molar-refractivity contribution in [3.05, 3.63) is 47.3 Å². The van der Waals surface area contributed by atoms with Crippen LogP contribution in [0.1, 0.15) is 22.9 Å². The number of aromatic nitrogens is 2. The molecule has 0 saturated carbocycles. The number of aliphatic hydroxyl groups is 1. The largest absolute Gasteiger partial charge is 0.497 e. The van der Waals surface area contributed by atoms with Gasteiger partial charge in [0.1, 0.15) is 5.75 Å². The number of hydrogen-bond donors (Lipinski definition) is 2. The first-order valence-corrected chi connectivity index (χ1v) is 6.68. The van der Waals surface area contributed by atoms with E-state index in [1.807, 2.05) is 41.9 Å². The summed E-state index contributed by atoms with van der Waals surface area (Å²) in [7, 11) is 1.65. The fourth-order valence-electron chi connectivity index (χ4n) is 2.38. The van der Waals surface area contributed by atoms with Gasteiger partial charge in [0.25, 0.3) is 0 Å². The number of aliphatic hydroxyl groups excluding tert-OH is 1. The quantitative estimate of drug-likeness (QED) is 0.833. The summed E-state index contributed by atoms with van der Waals surface area (Å²) in [5, 5.41) is 13.5. The normalized spacial score (nSPS) is 12.4. The highest BCUT2D eigenvalue weighted by atomic mass is 16.5. The maximum atomic E-state index is 9.14. The first-order valence-electron chi connectivity index (χ1n) is 6.68. The highest BCUT2D eigenvalue weighted by molar-refractivity contribution is 5.34. The van der Waals surface area contributed by atoms with Gasteiger partial charge in [0.05, 0.1) is 26.0 Å². The van der Waals surface area contributed by atoms with Crippen molar-refractivity contribution in [3.63, 3.8) is 0 Å². The van der Waals surface area contributed by atoms with E-state index in [-0.39, 0.29) is 12.5 Å². The number of aryl methyl sites for hydroxylation is 1. The average molecular weight is 275 g/mol. The second-order valence-corrected chi connectivity index (χ2v) is 4.72. The standard InChI is InChI=1S/C15H21N3O2/c1-11-9-15(18(17-11)7-8-19)14(10-16)12-3-5-13(20-2)6-4-12/h3-6,9,14,19H,7-8,10,16H2,1-2H3. The van der Waals surface area contributed by atoms with Crippen molar-refractivity contribution in [2.45, 2.75) is 19.4 Å². The molecule has 0 bridgehead atoms. The second-order valence-electron chi connectivity index (χ2n) is 4.72. The third-order valence-electron chi connectivity index (χ3n) is 3.36. The SMILES string of the molecule is COc1ccc(C(CN)c2cc(C)nn2CCO)cc1. The summed E-state index contributed by atoms with van der Waals surface area (Å²) in [6, 6.07) is 9.91. The van der Waals surface area contributed by atoms with Gasteiger partial charge in [-0.1, -0.05) is 12.1 Å². The Balaban J connectivity index is 2.35. The van der Waals surface area contributed by atoms with Gasteiger partial charge in [-0.3, -0.25) is 4.68 Å². The predicted octanol–water partition coefficient (Wildman–Crippen LogP) is 1.28. The summed E-state index contributed by atoms with van der Waals surface area (Å²) in [6.07, 6.45) is 0. The lowest BCUT2D eigenvalue weighted by Crippen LogP contribution is -2.19. The van der Waals surface area contributed by atoms with Gasteiger partial charge in [-0.25, -0.2) is 0 Å². The van der Waals surface area contributed by atoms with Gasteiger partial charge in [-0.2, -0.15) is 5.10 Å². The summed E-state index contributed by atoms with van der Waals surface area (Å²) in [5.74, 6) is 0.887. The molecule has 2 rings (SSSR count). The molecule has 0 aliphatic heterocycles. The molecule has 1 heterocycles. The van der Waals surface area contributed by atoms with Crippen LogP contribution in [0.2, 0.25) is 0 Å². The predicted molar refractivity (Wildman–Crippen MR) is 77.9 cm³/mol. The third-order valence-corrected chi connectivity index (χ3v) is 3.36. The summed E-state index contributed by atoms with van der Waals surface area (Å²) in [4.78, 5) is 0. The molecule has 108 valence electrons. The molecule has 0 aliphatic rings. The van der Waals surface area contributed by atoms with Gasteiger partial charge in [0.15, 0.2) is 0 Å². The van der Waals surface area contributed by atoms with Crippen LogP contribution >= 0.6 is 0 Å². The topological polar surface area (TPSA) is 73.3 Å². The van der Waals surface area contributed by atoms with E-state index < -0.39 is 0 Å². The third kappa shape index (κ3) is 3.00. The Bertz CT molecular complexity index is 549. The Kier molecular flexibility index (Phi) is 4.76. The molecule has 5 nitrogen and oxygen atoms in total. The Hall–Kier alpha value is -1.85. The van der Waals surface area contributed by atoms with Crippen molar-refractivity contribution in [3.8, 4) is 5.75 Å². The lowest BCUT2D eigenvalue weighted by Gasteiger charge is -2.17. The summed E-state index contributed by atoms with van der Waals surface area (Å²) >= 11 is 0. The first-order chi connectivity index (χ1) is 9.69. The molecular weight excluding hydrogens is 254 g/mol. The van der Waals surface area contributed by atoms with E-state index >= 15 is 0 Å². The fourth-order valence-corrected chi connectivity index (χ4v) is 2.38. The van der Waals surface area contributed by atoms with E-state index in [0.717, 1.165) is 22.7 Å². The van der Waals surface area contributed by atoms with Crippen LogP contribution in [-0.2, 0) is 6.54 Å². The van der Waals surface area contributed by atoms with Crippen molar-refractivity contribution < 1.29 is 9.84 Å². The van der Waals surface area contributed by atoms with Crippen LogP contribution in [0.4, 0.5) is 0 Å². The number of benzene rings is 1. The van der Waals surface area contributed by atoms with Gasteiger partial charge in [-0.15, -0.1) is 0 Å². The molecule has 0 amide bonds. The first kappa shape index (κ1) is 14.6. The molecule has 5 heteroatoms. The Morgan fingerprint density at radius 1 is 1.35 bits per heavy atom. The Morgan fingerprint density at radius 3 is 2.60 bits per heavy atom. The van der Waals surface area contributed by atoms with E-state index in [1.165, 1.54) is 0 Å². The molecule has 1 unspecified atom stereocenters. The number of nitrogens with zero attached hydrogens (tertiary/aromatic N) is 2. The number of nitrogens with two attached hydrogens (primary N) is 1. The van der Waals surface area contributed by atoms with Crippen molar-refractivity contribution in [1.82, 2.24) is 9.78 Å². The zero-order chi connectivity index (χ0) is 14.5. The highest BCUT2D eigenvalue weighted by Crippen LogP contribution is 2.26. The molecule has 2 aromatic rings. The number of ether oxygens (including phenoxy) is 1. The molecular formula is C15H21N3O2. The lowest BCUT2D eigenvalue weighted by molar-refractivity contribution is 0.266. The van der Waals surface area contributed by atoms with Crippen LogP contribution in [-0.4, -0.2) is 35.1 Å². The summed E-state index contributed by atoms with van der Waals surface area (Å²) in [6.45, 7) is 2.98. The van der Waals surface area contributed by atoms with Crippen LogP contribution in [0.5, 0.6) is 5.75 Å². The van der Waals surface area contributed by atoms with E-state index in [4.69, 9.17) is 15.6 Å². The van der Waals surface area contributed by atoms with Crippen LogP contribution in [0.25, 0.3) is 0 Å². The van der Waals surface area contributed by atoms with E-state index in [1.54, 1.807) is 7.11 Å². The van der Waals surface area contributed by atoms with Gasteiger partial charge in [0.2, 0.25) is 0 Å². The number of methoxy groups -OCH3 is 1. The van der Waals surface area contributed by atoms with Gasteiger partial charge >= 0.3 is 0 Å². The molecule has 1 aromatic carbocycles. The van der Waals surface area contributed by atoms with Crippen LogP contribution in [0.3, 0.4) is 0 Å². The van der Waals surface area contributed by atoms with Crippen molar-refractivity contribution in [2.24, 2.45) is 5.73 Å². The number of rotatable bonds is 6. The summed E-state index contributed by atoms with van der Waals surface area (Å²) in [5.41, 5.74) is 9.03. The van der Waals surface area contributed by atoms with E-state index in [2.05, 4.69) is 5.10 Å². The minimum Gasteiger partial charge on any atom is -0.497 e. The molecule has 3 N–H and O–H groups in total. The van der Waals surface area contributed by atoms with Gasteiger partial charge < -0.3 is 15.6 Å². The van der Waals surface area contributed by atoms with Crippen molar-refractivity contribution >= 4 is 0 Å². The molecule has 20 heavy (non-hydrogen) atoms. The minimum atomic E-state index is 0.0635. The van der Waals surface area contributed by atoms with Crippen molar-refractivity contribution in [1.29, 1.82) is 0 Å². The minimum absolute atomic E-state index is 0.0635. The zero-order valence-electron chi connectivity index (χ0n) is 11.9. The maximum absolute atomic E-state index is 9.14. The van der Waals surface area contributed by atoms with Crippen LogP contribution in [0.15, 0.2) is 30.3 Å². The zero-order valence-corrected chi connectivity index (χ0v) is 11.9. The molecule has 0 fully saturated rings. The van der Waals surface area contributed by atoms with Gasteiger partial charge in [0, 0.05) is 18.2 Å². The summed E-state index contributed by atoms with van der Waals surface area (Å²) < 4.78 is 7.00. The molecule has 1 atom stereocenters. The lowest BCUT2D eigenvalue weighted by atomic mass is 9.95. The average Bonchev–Trinajstić information content (AvgIpc) is 2.82. The molecule has 1 aromatic heterocycles. The van der Waals surface area contributed by atoms with Crippen molar-refractivity contribution in [2.75, 3.05) is 20.3 Å². The molecule has 0 spiro atoms. The van der Waals surface area contributed by atoms with Crippen LogP contribution in [0, 0.1) is 6.92 Å². The van der Waals surface area contributed by atoms with E-state index in [0.29, 0.717) is 13.1 Å². The smallest absolute Gasteiger partial charge is 0.118 e. The van der Waals surface area contributed by atoms with E-state index in [9.17, 15) is 0 Å². The monoisotopic (exact) mass is 275 g/mol. The molecule has 0 radical (unpaired) electrons. The van der Waals surface area contributed by atoms with Gasteiger partial charge in [-0.05, 0) is 30.7 Å². The molecule has 0 saturated heterocycles.